The van der Waals surface area contributed by atoms with Gasteiger partial charge in [0.05, 0.1) is 16.7 Å². The van der Waals surface area contributed by atoms with Gasteiger partial charge in [-0.2, -0.15) is 0 Å². The lowest BCUT2D eigenvalue weighted by atomic mass is 9.94. The smallest absolute Gasteiger partial charge is 0.335 e. The maximum atomic E-state index is 13.9. The molecule has 0 aliphatic heterocycles. The van der Waals surface area contributed by atoms with Crippen molar-refractivity contribution >= 4 is 17.6 Å². The van der Waals surface area contributed by atoms with Crippen LogP contribution in [0, 0.1) is 11.6 Å². The Kier molecular flexibility index (Phi) is 3.60. The summed E-state index contributed by atoms with van der Waals surface area (Å²) in [6.07, 6.45) is 0.917. The molecule has 2 aromatic carbocycles. The van der Waals surface area contributed by atoms with Crippen LogP contribution in [0.25, 0.3) is 0 Å². The number of benzene rings is 2. The zero-order valence-corrected chi connectivity index (χ0v) is 12.0. The van der Waals surface area contributed by atoms with Gasteiger partial charge in [0.1, 0.15) is 11.6 Å². The number of carbonyl (C=O) groups excluding carboxylic acids is 1. The summed E-state index contributed by atoms with van der Waals surface area (Å²) in [5, 5.41) is 11.3. The van der Waals surface area contributed by atoms with E-state index in [0.717, 1.165) is 18.2 Å². The van der Waals surface area contributed by atoms with Crippen molar-refractivity contribution in [2.45, 2.75) is 18.3 Å². The van der Waals surface area contributed by atoms with Crippen molar-refractivity contribution in [2.24, 2.45) is 0 Å². The molecule has 0 heterocycles. The highest BCUT2D eigenvalue weighted by molar-refractivity contribution is 6.02. The fraction of sp³-hybridized carbons (Fsp3) is 0.176. The highest BCUT2D eigenvalue weighted by Gasteiger charge is 2.52. The number of anilines is 1. The van der Waals surface area contributed by atoms with Crippen molar-refractivity contribution in [3.8, 4) is 0 Å². The van der Waals surface area contributed by atoms with E-state index in [1.807, 2.05) is 0 Å². The third-order valence-corrected chi connectivity index (χ3v) is 4.04. The Labute approximate surface area is 130 Å². The van der Waals surface area contributed by atoms with Crippen molar-refractivity contribution in [1.29, 1.82) is 0 Å². The second-order valence-corrected chi connectivity index (χ2v) is 5.52. The van der Waals surface area contributed by atoms with Gasteiger partial charge in [0, 0.05) is 5.56 Å². The Morgan fingerprint density at radius 3 is 2.35 bits per heavy atom. The predicted octanol–water partition coefficient (Wildman–Crippen LogP) is 3.33. The van der Waals surface area contributed by atoms with Crippen LogP contribution in [0.1, 0.15) is 28.8 Å². The first-order valence-corrected chi connectivity index (χ1v) is 7.03. The van der Waals surface area contributed by atoms with Crippen LogP contribution in [0.4, 0.5) is 14.5 Å². The van der Waals surface area contributed by atoms with E-state index >= 15 is 0 Å². The number of carbonyl (C=O) groups is 2. The van der Waals surface area contributed by atoms with E-state index < -0.39 is 28.9 Å². The van der Waals surface area contributed by atoms with Gasteiger partial charge >= 0.3 is 5.97 Å². The molecular formula is C17H13F2NO3. The van der Waals surface area contributed by atoms with Crippen LogP contribution in [0.2, 0.25) is 0 Å². The minimum atomic E-state index is -1.23. The zero-order valence-electron chi connectivity index (χ0n) is 12.0. The van der Waals surface area contributed by atoms with Gasteiger partial charge in [-0.3, -0.25) is 4.79 Å². The Bertz CT molecular complexity index is 800. The van der Waals surface area contributed by atoms with Crippen LogP contribution in [0.5, 0.6) is 0 Å². The van der Waals surface area contributed by atoms with E-state index in [9.17, 15) is 18.4 Å². The van der Waals surface area contributed by atoms with E-state index in [1.54, 1.807) is 6.07 Å². The van der Waals surface area contributed by atoms with Crippen LogP contribution >= 0.6 is 0 Å². The summed E-state index contributed by atoms with van der Waals surface area (Å²) < 4.78 is 27.7. The molecule has 4 nitrogen and oxygen atoms in total. The van der Waals surface area contributed by atoms with Crippen molar-refractivity contribution in [3.05, 3.63) is 65.2 Å². The molecule has 1 saturated carbocycles. The highest BCUT2D eigenvalue weighted by Crippen LogP contribution is 2.49. The van der Waals surface area contributed by atoms with E-state index in [2.05, 4.69) is 5.32 Å². The maximum Gasteiger partial charge on any atom is 0.335 e. The first-order valence-electron chi connectivity index (χ1n) is 7.03. The first-order chi connectivity index (χ1) is 10.9. The topological polar surface area (TPSA) is 66.4 Å². The average Bonchev–Trinajstić information content (AvgIpc) is 3.31. The lowest BCUT2D eigenvalue weighted by Crippen LogP contribution is -2.29. The number of hydrogen-bond acceptors (Lipinski definition) is 2. The van der Waals surface area contributed by atoms with Crippen molar-refractivity contribution in [3.63, 3.8) is 0 Å². The van der Waals surface area contributed by atoms with E-state index in [4.69, 9.17) is 5.11 Å². The molecule has 6 heteroatoms. The lowest BCUT2D eigenvalue weighted by Gasteiger charge is -2.17. The molecular weight excluding hydrogens is 304 g/mol. The number of hydrogen-bond donors (Lipinski definition) is 2. The Morgan fingerprint density at radius 2 is 1.74 bits per heavy atom. The van der Waals surface area contributed by atoms with E-state index in [0.29, 0.717) is 12.8 Å². The van der Waals surface area contributed by atoms with Crippen LogP contribution in [0.3, 0.4) is 0 Å². The number of nitrogens with one attached hydrogen (secondary N) is 1. The molecule has 0 spiro atoms. The Balaban J connectivity index is 1.90. The fourth-order valence-corrected chi connectivity index (χ4v) is 2.59. The van der Waals surface area contributed by atoms with Gasteiger partial charge in [-0.1, -0.05) is 18.2 Å². The van der Waals surface area contributed by atoms with Gasteiger partial charge in [-0.15, -0.1) is 0 Å². The number of amides is 1. The summed E-state index contributed by atoms with van der Waals surface area (Å²) in [5.41, 5.74) is -1.11. The minimum absolute atomic E-state index is 0.141. The molecule has 0 bridgehead atoms. The summed E-state index contributed by atoms with van der Waals surface area (Å²) >= 11 is 0. The Morgan fingerprint density at radius 1 is 1.04 bits per heavy atom. The zero-order chi connectivity index (χ0) is 16.6. The first kappa shape index (κ1) is 15.1. The van der Waals surface area contributed by atoms with E-state index in [-0.39, 0.29) is 16.8 Å². The van der Waals surface area contributed by atoms with Crippen LogP contribution < -0.4 is 5.32 Å². The molecule has 1 amide bonds. The summed E-state index contributed by atoms with van der Waals surface area (Å²) in [7, 11) is 0. The molecule has 23 heavy (non-hydrogen) atoms. The molecule has 0 aromatic heterocycles. The van der Waals surface area contributed by atoms with Gasteiger partial charge in [-0.05, 0) is 37.1 Å². The molecule has 1 aliphatic rings. The van der Waals surface area contributed by atoms with E-state index in [1.165, 1.54) is 18.2 Å². The predicted molar refractivity (Wildman–Crippen MR) is 79.3 cm³/mol. The normalized spacial score (nSPS) is 15.0. The molecule has 118 valence electrons. The van der Waals surface area contributed by atoms with Gasteiger partial charge in [0.2, 0.25) is 5.91 Å². The molecule has 1 aliphatic carbocycles. The monoisotopic (exact) mass is 317 g/mol. The summed E-state index contributed by atoms with van der Waals surface area (Å²) in [6, 6.07) is 9.10. The number of carboxylic acid groups (broad SMARTS) is 1. The van der Waals surface area contributed by atoms with Gasteiger partial charge in [0.25, 0.3) is 0 Å². The summed E-state index contributed by atoms with van der Waals surface area (Å²) in [6.45, 7) is 0. The number of carboxylic acids is 1. The second-order valence-electron chi connectivity index (χ2n) is 5.52. The minimum Gasteiger partial charge on any atom is -0.478 e. The molecule has 3 rings (SSSR count). The molecule has 1 fully saturated rings. The number of rotatable bonds is 4. The molecule has 0 saturated heterocycles. The van der Waals surface area contributed by atoms with Crippen LogP contribution in [-0.2, 0) is 10.2 Å². The third kappa shape index (κ3) is 2.67. The average molecular weight is 317 g/mol. The third-order valence-electron chi connectivity index (χ3n) is 4.04. The summed E-state index contributed by atoms with van der Waals surface area (Å²) in [5.74, 6) is -2.99. The lowest BCUT2D eigenvalue weighted by molar-refractivity contribution is -0.118. The molecule has 0 radical (unpaired) electrons. The molecule has 0 atom stereocenters. The molecule has 2 aromatic rings. The highest BCUT2D eigenvalue weighted by atomic mass is 19.1. The standard InChI is InChI=1S/C17H13F2NO3/c18-12-4-2-1-3-11(12)17(7-8-17)16(23)20-14-9-10(15(21)22)5-6-13(14)19/h1-6,9H,7-8H2,(H,20,23)(H,21,22). The largest absolute Gasteiger partial charge is 0.478 e. The fourth-order valence-electron chi connectivity index (χ4n) is 2.59. The van der Waals surface area contributed by atoms with Crippen LogP contribution in [-0.4, -0.2) is 17.0 Å². The molecule has 2 N–H and O–H groups in total. The molecule has 0 unspecified atom stereocenters. The Hall–Kier alpha value is -2.76. The second kappa shape index (κ2) is 5.46. The SMILES string of the molecule is O=C(O)c1ccc(F)c(NC(=O)C2(c3ccccc3F)CC2)c1. The maximum absolute atomic E-state index is 13.9. The van der Waals surface area contributed by atoms with Gasteiger partial charge in [-0.25, -0.2) is 13.6 Å². The van der Waals surface area contributed by atoms with Gasteiger partial charge < -0.3 is 10.4 Å². The van der Waals surface area contributed by atoms with Gasteiger partial charge in [0.15, 0.2) is 0 Å². The van der Waals surface area contributed by atoms with Crippen molar-refractivity contribution < 1.29 is 23.5 Å². The van der Waals surface area contributed by atoms with Crippen LogP contribution in [0.15, 0.2) is 42.5 Å². The number of halogens is 2. The van der Waals surface area contributed by atoms with Crippen molar-refractivity contribution in [2.75, 3.05) is 5.32 Å². The van der Waals surface area contributed by atoms with Crippen molar-refractivity contribution in [1.82, 2.24) is 0 Å². The quantitative estimate of drug-likeness (QED) is 0.909. The number of aromatic carboxylic acids is 1. The summed E-state index contributed by atoms with van der Waals surface area (Å²) in [4.78, 5) is 23.4.